The third-order valence-electron chi connectivity index (χ3n) is 4.47. The van der Waals surface area contributed by atoms with Gasteiger partial charge in [-0.25, -0.2) is 9.97 Å². The molecule has 3 rings (SSSR count). The molecule has 4 nitrogen and oxygen atoms in total. The SMILES string of the molecule is CCOC1(c2ncc3c(n2)CNC3)CCC(C)CC1. The van der Waals surface area contributed by atoms with E-state index in [2.05, 4.69) is 24.1 Å². The largest absolute Gasteiger partial charge is 0.367 e. The highest BCUT2D eigenvalue weighted by Gasteiger charge is 2.39. The maximum atomic E-state index is 6.12. The van der Waals surface area contributed by atoms with Crippen molar-refractivity contribution in [1.29, 1.82) is 0 Å². The minimum absolute atomic E-state index is 0.237. The van der Waals surface area contributed by atoms with Crippen LogP contribution in [0.15, 0.2) is 6.20 Å². The molecule has 1 aliphatic heterocycles. The van der Waals surface area contributed by atoms with Crippen molar-refractivity contribution in [3.8, 4) is 0 Å². The van der Waals surface area contributed by atoms with Crippen LogP contribution in [-0.4, -0.2) is 16.6 Å². The van der Waals surface area contributed by atoms with Gasteiger partial charge in [-0.3, -0.25) is 0 Å². The monoisotopic (exact) mass is 261 g/mol. The molecule has 1 aromatic heterocycles. The van der Waals surface area contributed by atoms with Crippen LogP contribution in [0.2, 0.25) is 0 Å². The first-order valence-corrected chi connectivity index (χ1v) is 7.43. The minimum Gasteiger partial charge on any atom is -0.367 e. The average molecular weight is 261 g/mol. The first kappa shape index (κ1) is 13.0. The van der Waals surface area contributed by atoms with Crippen LogP contribution in [0, 0.1) is 5.92 Å². The molecule has 4 heteroatoms. The van der Waals surface area contributed by atoms with Crippen molar-refractivity contribution in [3.63, 3.8) is 0 Å². The molecule has 0 spiro atoms. The van der Waals surface area contributed by atoms with Crippen LogP contribution in [0.4, 0.5) is 0 Å². The second-order valence-corrected chi connectivity index (χ2v) is 5.88. The van der Waals surface area contributed by atoms with Gasteiger partial charge in [0, 0.05) is 31.5 Å². The van der Waals surface area contributed by atoms with E-state index in [1.54, 1.807) is 0 Å². The van der Waals surface area contributed by atoms with E-state index in [-0.39, 0.29) is 5.60 Å². The molecule has 1 saturated carbocycles. The Labute approximate surface area is 115 Å². The highest BCUT2D eigenvalue weighted by Crippen LogP contribution is 2.41. The van der Waals surface area contributed by atoms with Crippen molar-refractivity contribution in [2.45, 2.75) is 58.2 Å². The van der Waals surface area contributed by atoms with Gasteiger partial charge in [-0.05, 0) is 38.5 Å². The van der Waals surface area contributed by atoms with E-state index in [1.807, 2.05) is 6.20 Å². The smallest absolute Gasteiger partial charge is 0.160 e. The molecular weight excluding hydrogens is 238 g/mol. The van der Waals surface area contributed by atoms with E-state index in [0.717, 1.165) is 50.0 Å². The van der Waals surface area contributed by atoms with Gasteiger partial charge in [-0.1, -0.05) is 6.92 Å². The molecule has 1 aromatic rings. The second kappa shape index (κ2) is 5.17. The van der Waals surface area contributed by atoms with Gasteiger partial charge in [0.25, 0.3) is 0 Å². The Balaban J connectivity index is 1.91. The summed E-state index contributed by atoms with van der Waals surface area (Å²) in [7, 11) is 0. The molecule has 0 atom stereocenters. The van der Waals surface area contributed by atoms with Gasteiger partial charge in [0.15, 0.2) is 5.82 Å². The summed E-state index contributed by atoms with van der Waals surface area (Å²) in [5.41, 5.74) is 2.15. The maximum absolute atomic E-state index is 6.12. The molecule has 0 radical (unpaired) electrons. The lowest BCUT2D eigenvalue weighted by Gasteiger charge is -2.37. The summed E-state index contributed by atoms with van der Waals surface area (Å²) >= 11 is 0. The fourth-order valence-corrected chi connectivity index (χ4v) is 3.22. The molecule has 1 N–H and O–H groups in total. The number of ether oxygens (including phenoxy) is 1. The van der Waals surface area contributed by atoms with Crippen molar-refractivity contribution < 1.29 is 4.74 Å². The Morgan fingerprint density at radius 1 is 1.37 bits per heavy atom. The molecular formula is C15H23N3O. The number of nitrogens with zero attached hydrogens (tertiary/aromatic N) is 2. The van der Waals surface area contributed by atoms with Crippen molar-refractivity contribution in [1.82, 2.24) is 15.3 Å². The lowest BCUT2D eigenvalue weighted by atomic mass is 9.78. The third-order valence-corrected chi connectivity index (χ3v) is 4.47. The molecule has 1 fully saturated rings. The highest BCUT2D eigenvalue weighted by molar-refractivity contribution is 5.23. The summed E-state index contributed by atoms with van der Waals surface area (Å²) in [6.07, 6.45) is 6.50. The fourth-order valence-electron chi connectivity index (χ4n) is 3.22. The second-order valence-electron chi connectivity index (χ2n) is 5.88. The molecule has 0 saturated heterocycles. The van der Waals surface area contributed by atoms with Crippen molar-refractivity contribution in [3.05, 3.63) is 23.3 Å². The van der Waals surface area contributed by atoms with Crippen molar-refractivity contribution >= 4 is 0 Å². The zero-order chi connectivity index (χ0) is 13.3. The fraction of sp³-hybridized carbons (Fsp3) is 0.733. The van der Waals surface area contributed by atoms with Gasteiger partial charge < -0.3 is 10.1 Å². The van der Waals surface area contributed by atoms with E-state index in [1.165, 1.54) is 18.4 Å². The first-order chi connectivity index (χ1) is 9.23. The van der Waals surface area contributed by atoms with Gasteiger partial charge in [-0.15, -0.1) is 0 Å². The van der Waals surface area contributed by atoms with Crippen molar-refractivity contribution in [2.24, 2.45) is 5.92 Å². The Kier molecular flexibility index (Phi) is 3.54. The molecule has 0 unspecified atom stereocenters. The van der Waals surface area contributed by atoms with E-state index in [0.29, 0.717) is 0 Å². The lowest BCUT2D eigenvalue weighted by Crippen LogP contribution is -2.36. The topological polar surface area (TPSA) is 47.0 Å². The maximum Gasteiger partial charge on any atom is 0.160 e. The summed E-state index contributed by atoms with van der Waals surface area (Å²) in [6, 6.07) is 0. The van der Waals surface area contributed by atoms with Crippen LogP contribution in [0.25, 0.3) is 0 Å². The minimum atomic E-state index is -0.237. The van der Waals surface area contributed by atoms with Crippen LogP contribution in [0.3, 0.4) is 0 Å². The number of hydrogen-bond acceptors (Lipinski definition) is 4. The van der Waals surface area contributed by atoms with Crippen LogP contribution < -0.4 is 5.32 Å². The molecule has 1 aliphatic carbocycles. The quantitative estimate of drug-likeness (QED) is 0.908. The summed E-state index contributed by atoms with van der Waals surface area (Å²) in [6.45, 7) is 6.88. The Bertz CT molecular complexity index is 453. The molecule has 104 valence electrons. The van der Waals surface area contributed by atoms with Crippen molar-refractivity contribution in [2.75, 3.05) is 6.61 Å². The van der Waals surface area contributed by atoms with Gasteiger partial charge in [-0.2, -0.15) is 0 Å². The number of fused-ring (bicyclic) bond motifs is 1. The number of nitrogens with one attached hydrogen (secondary N) is 1. The summed E-state index contributed by atoms with van der Waals surface area (Å²) in [4.78, 5) is 9.41. The zero-order valence-electron chi connectivity index (χ0n) is 11.9. The number of aromatic nitrogens is 2. The Hall–Kier alpha value is -1.00. The van der Waals surface area contributed by atoms with Gasteiger partial charge >= 0.3 is 0 Å². The molecule has 0 amide bonds. The molecule has 0 bridgehead atoms. The average Bonchev–Trinajstić information content (AvgIpc) is 2.89. The standard InChI is InChI=1S/C15H23N3O/c1-3-19-15(6-4-11(2)5-7-15)14-17-9-12-8-16-10-13(12)18-14/h9,11,16H,3-8,10H2,1-2H3. The molecule has 2 heterocycles. The summed E-state index contributed by atoms with van der Waals surface area (Å²) < 4.78 is 6.12. The normalized spacial score (nSPS) is 30.3. The van der Waals surface area contributed by atoms with Crippen LogP contribution in [-0.2, 0) is 23.4 Å². The van der Waals surface area contributed by atoms with Crippen LogP contribution >= 0.6 is 0 Å². The molecule has 2 aliphatic rings. The first-order valence-electron chi connectivity index (χ1n) is 7.43. The number of hydrogen-bond donors (Lipinski definition) is 1. The Morgan fingerprint density at radius 3 is 2.89 bits per heavy atom. The predicted octanol–water partition coefficient (Wildman–Crippen LogP) is 2.52. The van der Waals surface area contributed by atoms with Crippen LogP contribution in [0.1, 0.15) is 56.6 Å². The van der Waals surface area contributed by atoms with Gasteiger partial charge in [0.1, 0.15) is 5.60 Å². The number of rotatable bonds is 3. The van der Waals surface area contributed by atoms with E-state index in [9.17, 15) is 0 Å². The predicted molar refractivity (Wildman–Crippen MR) is 73.5 cm³/mol. The summed E-state index contributed by atoms with van der Waals surface area (Å²) in [5.74, 6) is 1.70. The Morgan fingerprint density at radius 2 is 2.16 bits per heavy atom. The third kappa shape index (κ3) is 2.39. The molecule has 19 heavy (non-hydrogen) atoms. The zero-order valence-corrected chi connectivity index (χ0v) is 11.9. The summed E-state index contributed by atoms with van der Waals surface area (Å²) in [5, 5.41) is 3.33. The van der Waals surface area contributed by atoms with Crippen LogP contribution in [0.5, 0.6) is 0 Å². The van der Waals surface area contributed by atoms with E-state index >= 15 is 0 Å². The van der Waals surface area contributed by atoms with E-state index < -0.39 is 0 Å². The van der Waals surface area contributed by atoms with E-state index in [4.69, 9.17) is 9.72 Å². The van der Waals surface area contributed by atoms with Gasteiger partial charge in [0.05, 0.1) is 5.69 Å². The van der Waals surface area contributed by atoms with Gasteiger partial charge in [0.2, 0.25) is 0 Å². The highest BCUT2D eigenvalue weighted by atomic mass is 16.5. The molecule has 0 aromatic carbocycles. The lowest BCUT2D eigenvalue weighted by molar-refractivity contribution is -0.0838.